The lowest BCUT2D eigenvalue weighted by Crippen LogP contribution is -2.32. The van der Waals surface area contributed by atoms with Gasteiger partial charge in [-0.05, 0) is 37.5 Å². The molecule has 0 spiro atoms. The Morgan fingerprint density at radius 1 is 1.35 bits per heavy atom. The van der Waals surface area contributed by atoms with Crippen LogP contribution in [-0.2, 0) is 4.74 Å². The average molecular weight is 312 g/mol. The summed E-state index contributed by atoms with van der Waals surface area (Å²) in [5.74, 6) is 0.376. The highest BCUT2D eigenvalue weighted by Gasteiger charge is 2.17. The standard InChI is InChI=1S/C17H20N4O2/c1-12-4-2-5-13(8-12)21-16-11-18-15(10-19-16)17(22)20-9-14-6-3-7-23-14/h2,4-5,8,10-11,14H,3,6-7,9H2,1H3,(H,19,21)(H,20,22). The number of carbonyl (C=O) groups excluding carboxylic acids is 1. The van der Waals surface area contributed by atoms with Crippen LogP contribution in [-0.4, -0.2) is 35.1 Å². The molecule has 2 heterocycles. The van der Waals surface area contributed by atoms with E-state index in [-0.39, 0.29) is 12.0 Å². The molecular formula is C17H20N4O2. The molecule has 0 saturated carbocycles. The predicted molar refractivity (Wildman–Crippen MR) is 87.8 cm³/mol. The summed E-state index contributed by atoms with van der Waals surface area (Å²) in [4.78, 5) is 20.4. The molecule has 1 fully saturated rings. The molecule has 0 bridgehead atoms. The summed E-state index contributed by atoms with van der Waals surface area (Å²) in [6.45, 7) is 3.32. The zero-order valence-corrected chi connectivity index (χ0v) is 13.1. The first-order valence-corrected chi connectivity index (χ1v) is 7.76. The topological polar surface area (TPSA) is 76.1 Å². The van der Waals surface area contributed by atoms with Crippen LogP contribution >= 0.6 is 0 Å². The van der Waals surface area contributed by atoms with Crippen molar-refractivity contribution >= 4 is 17.4 Å². The van der Waals surface area contributed by atoms with Gasteiger partial charge in [0, 0.05) is 18.8 Å². The summed E-state index contributed by atoms with van der Waals surface area (Å²) in [5.41, 5.74) is 2.40. The van der Waals surface area contributed by atoms with E-state index in [4.69, 9.17) is 4.74 Å². The van der Waals surface area contributed by atoms with Crippen LogP contribution in [0.2, 0.25) is 0 Å². The molecule has 2 aromatic rings. The van der Waals surface area contributed by atoms with Crippen LogP contribution in [0.4, 0.5) is 11.5 Å². The van der Waals surface area contributed by atoms with Gasteiger partial charge in [0.1, 0.15) is 11.5 Å². The molecule has 6 nitrogen and oxygen atoms in total. The van der Waals surface area contributed by atoms with Crippen molar-refractivity contribution < 1.29 is 9.53 Å². The van der Waals surface area contributed by atoms with E-state index in [1.807, 2.05) is 31.2 Å². The fourth-order valence-corrected chi connectivity index (χ4v) is 2.48. The van der Waals surface area contributed by atoms with Crippen molar-refractivity contribution in [2.24, 2.45) is 0 Å². The predicted octanol–water partition coefficient (Wildman–Crippen LogP) is 2.44. The van der Waals surface area contributed by atoms with Gasteiger partial charge in [-0.3, -0.25) is 4.79 Å². The maximum Gasteiger partial charge on any atom is 0.271 e. The number of benzene rings is 1. The zero-order chi connectivity index (χ0) is 16.1. The van der Waals surface area contributed by atoms with Gasteiger partial charge in [-0.1, -0.05) is 12.1 Å². The summed E-state index contributed by atoms with van der Waals surface area (Å²) in [5, 5.41) is 5.99. The molecule has 1 aliphatic rings. The van der Waals surface area contributed by atoms with Gasteiger partial charge in [-0.25, -0.2) is 9.97 Å². The normalized spacial score (nSPS) is 17.0. The van der Waals surface area contributed by atoms with E-state index in [1.165, 1.54) is 6.20 Å². The number of aromatic nitrogens is 2. The van der Waals surface area contributed by atoms with E-state index in [0.29, 0.717) is 18.1 Å². The highest BCUT2D eigenvalue weighted by Crippen LogP contribution is 2.15. The SMILES string of the molecule is Cc1cccc(Nc2cnc(C(=O)NCC3CCCO3)cn2)c1. The number of hydrogen-bond acceptors (Lipinski definition) is 5. The average Bonchev–Trinajstić information content (AvgIpc) is 3.07. The Morgan fingerprint density at radius 3 is 2.96 bits per heavy atom. The van der Waals surface area contributed by atoms with E-state index in [0.717, 1.165) is 30.7 Å². The third kappa shape index (κ3) is 4.26. The van der Waals surface area contributed by atoms with Crippen molar-refractivity contribution in [2.45, 2.75) is 25.9 Å². The number of hydrogen-bond donors (Lipinski definition) is 2. The van der Waals surface area contributed by atoms with Gasteiger partial charge in [0.2, 0.25) is 0 Å². The first-order valence-electron chi connectivity index (χ1n) is 7.76. The second kappa shape index (κ2) is 7.19. The molecule has 1 amide bonds. The number of nitrogens with one attached hydrogen (secondary N) is 2. The number of rotatable bonds is 5. The Bertz CT molecular complexity index is 667. The maximum absolute atomic E-state index is 12.0. The molecule has 0 radical (unpaired) electrons. The van der Waals surface area contributed by atoms with E-state index in [9.17, 15) is 4.79 Å². The van der Waals surface area contributed by atoms with Gasteiger partial charge in [0.15, 0.2) is 0 Å². The molecule has 2 N–H and O–H groups in total. The minimum atomic E-state index is -0.227. The van der Waals surface area contributed by atoms with E-state index < -0.39 is 0 Å². The van der Waals surface area contributed by atoms with Crippen LogP contribution in [0.1, 0.15) is 28.9 Å². The van der Waals surface area contributed by atoms with E-state index in [2.05, 4.69) is 20.6 Å². The second-order valence-electron chi connectivity index (χ2n) is 5.63. The highest BCUT2D eigenvalue weighted by atomic mass is 16.5. The summed E-state index contributed by atoms with van der Waals surface area (Å²) in [6.07, 6.45) is 5.20. The molecule has 1 aliphatic heterocycles. The number of nitrogens with zero attached hydrogens (tertiary/aromatic N) is 2. The Labute approximate surface area is 135 Å². The minimum Gasteiger partial charge on any atom is -0.376 e. The number of ether oxygens (including phenoxy) is 1. The van der Waals surface area contributed by atoms with Crippen molar-refractivity contribution in [2.75, 3.05) is 18.5 Å². The van der Waals surface area contributed by atoms with Crippen molar-refractivity contribution in [3.63, 3.8) is 0 Å². The summed E-state index contributed by atoms with van der Waals surface area (Å²) >= 11 is 0. The molecule has 1 aromatic heterocycles. The largest absolute Gasteiger partial charge is 0.376 e. The molecule has 1 aromatic carbocycles. The Balaban J connectivity index is 1.56. The summed E-state index contributed by atoms with van der Waals surface area (Å²) in [6, 6.07) is 7.97. The molecule has 120 valence electrons. The molecule has 0 aliphatic carbocycles. The summed E-state index contributed by atoms with van der Waals surface area (Å²) < 4.78 is 5.47. The van der Waals surface area contributed by atoms with Crippen LogP contribution in [0.25, 0.3) is 0 Å². The molecule has 23 heavy (non-hydrogen) atoms. The first kappa shape index (κ1) is 15.4. The molecule has 1 atom stereocenters. The lowest BCUT2D eigenvalue weighted by molar-refractivity contribution is 0.0853. The van der Waals surface area contributed by atoms with Crippen molar-refractivity contribution in [3.8, 4) is 0 Å². The third-order valence-electron chi connectivity index (χ3n) is 3.69. The number of amides is 1. The zero-order valence-electron chi connectivity index (χ0n) is 13.1. The first-order chi connectivity index (χ1) is 11.2. The second-order valence-corrected chi connectivity index (χ2v) is 5.63. The van der Waals surface area contributed by atoms with Crippen molar-refractivity contribution in [1.29, 1.82) is 0 Å². The van der Waals surface area contributed by atoms with Crippen LogP contribution in [0.5, 0.6) is 0 Å². The van der Waals surface area contributed by atoms with Gasteiger partial charge in [0.25, 0.3) is 5.91 Å². The molecule has 3 rings (SSSR count). The van der Waals surface area contributed by atoms with E-state index in [1.54, 1.807) is 6.20 Å². The summed E-state index contributed by atoms with van der Waals surface area (Å²) in [7, 11) is 0. The van der Waals surface area contributed by atoms with Gasteiger partial charge in [-0.15, -0.1) is 0 Å². The number of aryl methyl sites for hydroxylation is 1. The lowest BCUT2D eigenvalue weighted by Gasteiger charge is -2.10. The molecule has 1 saturated heterocycles. The van der Waals surface area contributed by atoms with Crippen LogP contribution in [0.15, 0.2) is 36.7 Å². The molecule has 1 unspecified atom stereocenters. The molecule has 6 heteroatoms. The minimum absolute atomic E-state index is 0.120. The van der Waals surface area contributed by atoms with Crippen LogP contribution in [0, 0.1) is 6.92 Å². The Hall–Kier alpha value is -2.47. The van der Waals surface area contributed by atoms with Gasteiger partial charge in [0.05, 0.1) is 18.5 Å². The van der Waals surface area contributed by atoms with Gasteiger partial charge in [-0.2, -0.15) is 0 Å². The van der Waals surface area contributed by atoms with Crippen LogP contribution < -0.4 is 10.6 Å². The fraction of sp³-hybridized carbons (Fsp3) is 0.353. The molecular weight excluding hydrogens is 292 g/mol. The smallest absolute Gasteiger partial charge is 0.271 e. The van der Waals surface area contributed by atoms with Gasteiger partial charge >= 0.3 is 0 Å². The third-order valence-corrected chi connectivity index (χ3v) is 3.69. The maximum atomic E-state index is 12.0. The van der Waals surface area contributed by atoms with Crippen molar-refractivity contribution in [1.82, 2.24) is 15.3 Å². The fourth-order valence-electron chi connectivity index (χ4n) is 2.48. The quantitative estimate of drug-likeness (QED) is 0.887. The van der Waals surface area contributed by atoms with Crippen molar-refractivity contribution in [3.05, 3.63) is 47.9 Å². The van der Waals surface area contributed by atoms with E-state index >= 15 is 0 Å². The number of carbonyl (C=O) groups is 1. The monoisotopic (exact) mass is 312 g/mol. The Kier molecular flexibility index (Phi) is 4.83. The lowest BCUT2D eigenvalue weighted by atomic mass is 10.2. The number of anilines is 2. The Morgan fingerprint density at radius 2 is 2.26 bits per heavy atom. The van der Waals surface area contributed by atoms with Crippen LogP contribution in [0.3, 0.4) is 0 Å². The van der Waals surface area contributed by atoms with Gasteiger partial charge < -0.3 is 15.4 Å². The highest BCUT2D eigenvalue weighted by molar-refractivity contribution is 5.92.